The second kappa shape index (κ2) is 4.77. The largest absolute Gasteiger partial charge is 0.368 e. The molecule has 0 aliphatic carbocycles. The highest BCUT2D eigenvalue weighted by atomic mass is 19.3. The molecule has 1 aromatic carbocycles. The SMILES string of the molecule is NC(=O)C(N)c1cc(=O)n(C(F)F)c2ccccc12. The van der Waals surface area contributed by atoms with Gasteiger partial charge in [-0.2, -0.15) is 8.78 Å². The molecule has 19 heavy (non-hydrogen) atoms. The van der Waals surface area contributed by atoms with Crippen molar-refractivity contribution in [2.45, 2.75) is 12.6 Å². The number of carbonyl (C=O) groups is 1. The molecule has 0 saturated heterocycles. The molecule has 100 valence electrons. The van der Waals surface area contributed by atoms with Gasteiger partial charge in [-0.15, -0.1) is 0 Å². The predicted octanol–water partition coefficient (Wildman–Crippen LogP) is 0.882. The fourth-order valence-corrected chi connectivity index (χ4v) is 1.94. The van der Waals surface area contributed by atoms with Crippen LogP contribution in [0.3, 0.4) is 0 Å². The number of aromatic nitrogens is 1. The van der Waals surface area contributed by atoms with E-state index in [1.165, 1.54) is 18.2 Å². The number of fused-ring (bicyclic) bond motifs is 1. The number of nitrogens with two attached hydrogens (primary N) is 2. The Morgan fingerprint density at radius 1 is 1.26 bits per heavy atom. The summed E-state index contributed by atoms with van der Waals surface area (Å²) in [5.41, 5.74) is 9.90. The second-order valence-electron chi connectivity index (χ2n) is 3.98. The van der Waals surface area contributed by atoms with Crippen LogP contribution >= 0.6 is 0 Å². The Bertz CT molecular complexity index is 697. The minimum atomic E-state index is -2.98. The van der Waals surface area contributed by atoms with Crippen LogP contribution in [0.5, 0.6) is 0 Å². The number of carbonyl (C=O) groups excluding carboxylic acids is 1. The van der Waals surface area contributed by atoms with Crippen molar-refractivity contribution in [1.82, 2.24) is 4.57 Å². The van der Waals surface area contributed by atoms with Crippen molar-refractivity contribution >= 4 is 16.8 Å². The monoisotopic (exact) mass is 267 g/mol. The number of primary amides is 1. The molecule has 5 nitrogen and oxygen atoms in total. The fourth-order valence-electron chi connectivity index (χ4n) is 1.94. The first-order valence-electron chi connectivity index (χ1n) is 5.40. The molecule has 1 amide bonds. The molecule has 1 heterocycles. The molecule has 0 saturated carbocycles. The number of para-hydroxylation sites is 1. The van der Waals surface area contributed by atoms with Crippen molar-refractivity contribution in [2.75, 3.05) is 0 Å². The maximum atomic E-state index is 12.9. The molecule has 0 aliphatic heterocycles. The molecule has 7 heteroatoms. The van der Waals surface area contributed by atoms with Gasteiger partial charge < -0.3 is 11.5 Å². The number of nitrogens with zero attached hydrogens (tertiary/aromatic N) is 1. The normalized spacial score (nSPS) is 12.8. The van der Waals surface area contributed by atoms with Gasteiger partial charge >= 0.3 is 6.55 Å². The van der Waals surface area contributed by atoms with Gasteiger partial charge in [-0.05, 0) is 11.6 Å². The molecule has 1 aromatic heterocycles. The minimum Gasteiger partial charge on any atom is -0.368 e. The average molecular weight is 267 g/mol. The molecule has 0 radical (unpaired) electrons. The van der Waals surface area contributed by atoms with E-state index in [1.807, 2.05) is 0 Å². The smallest absolute Gasteiger partial charge is 0.321 e. The van der Waals surface area contributed by atoms with Crippen LogP contribution in [-0.4, -0.2) is 10.5 Å². The third-order valence-electron chi connectivity index (χ3n) is 2.83. The van der Waals surface area contributed by atoms with Crippen molar-refractivity contribution in [3.05, 3.63) is 46.2 Å². The highest BCUT2D eigenvalue weighted by molar-refractivity contribution is 5.90. The summed E-state index contributed by atoms with van der Waals surface area (Å²) in [6, 6.07) is 5.68. The van der Waals surface area contributed by atoms with Crippen LogP contribution in [0.2, 0.25) is 0 Å². The van der Waals surface area contributed by atoms with Crippen LogP contribution in [0.1, 0.15) is 18.2 Å². The van der Waals surface area contributed by atoms with Gasteiger partial charge in [-0.25, -0.2) is 0 Å². The molecular formula is C12H11F2N3O2. The van der Waals surface area contributed by atoms with Crippen molar-refractivity contribution in [3.63, 3.8) is 0 Å². The number of hydrogen-bond donors (Lipinski definition) is 2. The van der Waals surface area contributed by atoms with Crippen molar-refractivity contribution in [3.8, 4) is 0 Å². The van der Waals surface area contributed by atoms with Gasteiger partial charge in [-0.3, -0.25) is 14.2 Å². The number of alkyl halides is 2. The third-order valence-corrected chi connectivity index (χ3v) is 2.83. The second-order valence-corrected chi connectivity index (χ2v) is 3.98. The molecule has 1 atom stereocenters. The van der Waals surface area contributed by atoms with Crippen LogP contribution in [0.15, 0.2) is 35.1 Å². The quantitative estimate of drug-likeness (QED) is 0.864. The fraction of sp³-hybridized carbons (Fsp3) is 0.167. The Morgan fingerprint density at radius 3 is 2.47 bits per heavy atom. The van der Waals surface area contributed by atoms with Crippen molar-refractivity contribution < 1.29 is 13.6 Å². The van der Waals surface area contributed by atoms with Crippen LogP contribution in [0, 0.1) is 0 Å². The van der Waals surface area contributed by atoms with Gasteiger partial charge in [0.2, 0.25) is 5.91 Å². The van der Waals surface area contributed by atoms with E-state index in [0.29, 0.717) is 9.95 Å². The van der Waals surface area contributed by atoms with E-state index in [-0.39, 0.29) is 11.1 Å². The predicted molar refractivity (Wildman–Crippen MR) is 65.6 cm³/mol. The van der Waals surface area contributed by atoms with E-state index in [2.05, 4.69) is 0 Å². The van der Waals surface area contributed by atoms with E-state index >= 15 is 0 Å². The summed E-state index contributed by atoms with van der Waals surface area (Å²) in [7, 11) is 0. The zero-order valence-electron chi connectivity index (χ0n) is 9.72. The number of hydrogen-bond acceptors (Lipinski definition) is 3. The summed E-state index contributed by atoms with van der Waals surface area (Å²) >= 11 is 0. The molecule has 0 aliphatic rings. The van der Waals surface area contributed by atoms with Gasteiger partial charge in [0.15, 0.2) is 0 Å². The van der Waals surface area contributed by atoms with Crippen LogP contribution in [0.4, 0.5) is 8.78 Å². The Morgan fingerprint density at radius 2 is 1.89 bits per heavy atom. The Balaban J connectivity index is 2.86. The van der Waals surface area contributed by atoms with Gasteiger partial charge in [0.05, 0.1) is 5.52 Å². The first-order valence-corrected chi connectivity index (χ1v) is 5.40. The standard InChI is InChI=1S/C12H11F2N3O2/c13-12(14)17-8-4-2-1-3-6(8)7(5-9(17)18)10(15)11(16)19/h1-5,10,12H,15H2,(H2,16,19). The summed E-state index contributed by atoms with van der Waals surface area (Å²) < 4.78 is 26.1. The maximum absolute atomic E-state index is 12.9. The Kier molecular flexibility index (Phi) is 3.30. The summed E-state index contributed by atoms with van der Waals surface area (Å²) in [4.78, 5) is 22.8. The van der Waals surface area contributed by atoms with Crippen molar-refractivity contribution in [1.29, 1.82) is 0 Å². The summed E-state index contributed by atoms with van der Waals surface area (Å²) in [5.74, 6) is -0.834. The van der Waals surface area contributed by atoms with Crippen molar-refractivity contribution in [2.24, 2.45) is 11.5 Å². The molecule has 0 bridgehead atoms. The lowest BCUT2D eigenvalue weighted by Crippen LogP contribution is -2.31. The molecule has 2 rings (SSSR count). The number of pyridine rings is 1. The van der Waals surface area contributed by atoms with Gasteiger partial charge in [-0.1, -0.05) is 18.2 Å². The van der Waals surface area contributed by atoms with E-state index in [9.17, 15) is 18.4 Å². The molecule has 0 spiro atoms. The highest BCUT2D eigenvalue weighted by Crippen LogP contribution is 2.24. The summed E-state index contributed by atoms with van der Waals surface area (Å²) in [5, 5.41) is 0.300. The van der Waals surface area contributed by atoms with Gasteiger partial charge in [0, 0.05) is 11.5 Å². The lowest BCUT2D eigenvalue weighted by molar-refractivity contribution is -0.119. The van der Waals surface area contributed by atoms with E-state index in [0.717, 1.165) is 6.07 Å². The number of benzene rings is 1. The first kappa shape index (κ1) is 13.2. The molecular weight excluding hydrogens is 256 g/mol. The zero-order valence-corrected chi connectivity index (χ0v) is 9.72. The highest BCUT2D eigenvalue weighted by Gasteiger charge is 2.20. The molecule has 4 N–H and O–H groups in total. The van der Waals surface area contributed by atoms with Crippen LogP contribution in [0.25, 0.3) is 10.9 Å². The maximum Gasteiger partial charge on any atom is 0.321 e. The topological polar surface area (TPSA) is 91.1 Å². The first-order chi connectivity index (χ1) is 8.93. The van der Waals surface area contributed by atoms with E-state index < -0.39 is 24.1 Å². The van der Waals surface area contributed by atoms with Gasteiger partial charge in [0.1, 0.15) is 6.04 Å². The Labute approximate surface area is 106 Å². The molecule has 0 fully saturated rings. The van der Waals surface area contributed by atoms with Gasteiger partial charge in [0.25, 0.3) is 5.56 Å². The Hall–Kier alpha value is -2.28. The zero-order chi connectivity index (χ0) is 14.2. The van der Waals surface area contributed by atoms with E-state index in [1.54, 1.807) is 6.07 Å². The summed E-state index contributed by atoms with van der Waals surface area (Å²) in [6.07, 6.45) is 0. The number of halogens is 2. The number of amides is 1. The van der Waals surface area contributed by atoms with E-state index in [4.69, 9.17) is 11.5 Å². The molecule has 2 aromatic rings. The average Bonchev–Trinajstić information content (AvgIpc) is 2.36. The summed E-state index contributed by atoms with van der Waals surface area (Å²) in [6.45, 7) is -2.98. The number of rotatable bonds is 3. The minimum absolute atomic E-state index is 0.0108. The van der Waals surface area contributed by atoms with Crippen LogP contribution in [-0.2, 0) is 4.79 Å². The third kappa shape index (κ3) is 2.19. The lowest BCUT2D eigenvalue weighted by atomic mass is 10.0. The molecule has 1 unspecified atom stereocenters. The van der Waals surface area contributed by atoms with Crippen LogP contribution < -0.4 is 17.0 Å². The lowest BCUT2D eigenvalue weighted by Gasteiger charge is -2.15.